The van der Waals surface area contributed by atoms with Gasteiger partial charge in [0.05, 0.1) is 4.47 Å². The molecule has 0 aliphatic heterocycles. The smallest absolute Gasteiger partial charge is 0.137 e. The van der Waals surface area contributed by atoms with Gasteiger partial charge in [-0.25, -0.2) is 4.39 Å². The van der Waals surface area contributed by atoms with Crippen molar-refractivity contribution >= 4 is 26.7 Å². The van der Waals surface area contributed by atoms with E-state index in [-0.39, 0.29) is 5.82 Å². The van der Waals surface area contributed by atoms with Gasteiger partial charge in [-0.1, -0.05) is 48.5 Å². The lowest BCUT2D eigenvalue weighted by Crippen LogP contribution is -2.01. The predicted molar refractivity (Wildman–Crippen MR) is 82.1 cm³/mol. The molecule has 1 unspecified atom stereocenters. The van der Waals surface area contributed by atoms with Crippen LogP contribution in [0.1, 0.15) is 17.2 Å². The van der Waals surface area contributed by atoms with Crippen LogP contribution in [0.4, 0.5) is 4.39 Å². The molecule has 20 heavy (non-hydrogen) atoms. The lowest BCUT2D eigenvalue weighted by molar-refractivity contribution is 0.219. The number of rotatable bonds is 2. The van der Waals surface area contributed by atoms with Crippen LogP contribution >= 0.6 is 15.9 Å². The molecule has 0 heterocycles. The molecule has 0 aromatic heterocycles. The fourth-order valence-corrected chi connectivity index (χ4v) is 2.77. The van der Waals surface area contributed by atoms with Gasteiger partial charge < -0.3 is 5.11 Å². The third kappa shape index (κ3) is 2.35. The second-order valence-electron chi connectivity index (χ2n) is 4.65. The highest BCUT2D eigenvalue weighted by Crippen LogP contribution is 2.31. The topological polar surface area (TPSA) is 20.2 Å². The van der Waals surface area contributed by atoms with Gasteiger partial charge in [0, 0.05) is 5.56 Å². The zero-order valence-electron chi connectivity index (χ0n) is 10.6. The van der Waals surface area contributed by atoms with E-state index in [1.54, 1.807) is 12.1 Å². The van der Waals surface area contributed by atoms with Crippen molar-refractivity contribution < 1.29 is 9.50 Å². The Labute approximate surface area is 124 Å². The Morgan fingerprint density at radius 2 is 1.65 bits per heavy atom. The van der Waals surface area contributed by atoms with E-state index in [1.807, 2.05) is 42.5 Å². The third-order valence-electron chi connectivity index (χ3n) is 3.37. The number of fused-ring (bicyclic) bond motifs is 1. The lowest BCUT2D eigenvalue weighted by Gasteiger charge is -2.14. The van der Waals surface area contributed by atoms with E-state index in [0.29, 0.717) is 10.0 Å². The molecule has 3 rings (SSSR count). The number of hydrogen-bond acceptors (Lipinski definition) is 1. The summed E-state index contributed by atoms with van der Waals surface area (Å²) < 4.78 is 13.9. The van der Waals surface area contributed by atoms with Gasteiger partial charge >= 0.3 is 0 Å². The summed E-state index contributed by atoms with van der Waals surface area (Å²) in [7, 11) is 0. The molecular formula is C17H12BrFO. The van der Waals surface area contributed by atoms with E-state index in [0.717, 1.165) is 16.3 Å². The highest BCUT2D eigenvalue weighted by molar-refractivity contribution is 9.10. The summed E-state index contributed by atoms with van der Waals surface area (Å²) in [6, 6.07) is 18.4. The van der Waals surface area contributed by atoms with Gasteiger partial charge in [0.1, 0.15) is 11.9 Å². The van der Waals surface area contributed by atoms with Crippen LogP contribution in [0.2, 0.25) is 0 Å². The van der Waals surface area contributed by atoms with E-state index in [1.165, 1.54) is 6.07 Å². The summed E-state index contributed by atoms with van der Waals surface area (Å²) in [4.78, 5) is 0. The second kappa shape index (κ2) is 5.35. The molecule has 1 nitrogen and oxygen atoms in total. The largest absolute Gasteiger partial charge is 0.384 e. The number of benzene rings is 3. The molecule has 3 aromatic carbocycles. The highest BCUT2D eigenvalue weighted by Gasteiger charge is 2.16. The van der Waals surface area contributed by atoms with Crippen molar-refractivity contribution in [1.29, 1.82) is 0 Å². The summed E-state index contributed by atoms with van der Waals surface area (Å²) in [6.07, 6.45) is -0.857. The molecule has 0 aliphatic rings. The van der Waals surface area contributed by atoms with Crippen LogP contribution in [0.3, 0.4) is 0 Å². The minimum absolute atomic E-state index is 0.306. The zero-order valence-corrected chi connectivity index (χ0v) is 12.1. The zero-order chi connectivity index (χ0) is 14.1. The monoisotopic (exact) mass is 330 g/mol. The van der Waals surface area contributed by atoms with Gasteiger partial charge in [0.15, 0.2) is 0 Å². The molecule has 1 atom stereocenters. The van der Waals surface area contributed by atoms with Crippen molar-refractivity contribution in [2.45, 2.75) is 6.10 Å². The standard InChI is InChI=1S/C17H12BrFO/c18-16-14(6-3-7-15(16)19)17(20)13-9-8-11-4-1-2-5-12(11)10-13/h1-10,17,20H. The van der Waals surface area contributed by atoms with Crippen molar-refractivity contribution in [2.24, 2.45) is 0 Å². The average molecular weight is 331 g/mol. The normalized spacial score (nSPS) is 12.6. The van der Waals surface area contributed by atoms with Crippen LogP contribution in [-0.4, -0.2) is 5.11 Å². The van der Waals surface area contributed by atoms with Crippen LogP contribution in [-0.2, 0) is 0 Å². The Morgan fingerprint density at radius 3 is 2.45 bits per heavy atom. The molecule has 0 aliphatic carbocycles. The molecule has 0 fully saturated rings. The minimum atomic E-state index is -0.857. The summed E-state index contributed by atoms with van der Waals surface area (Å²) in [5, 5.41) is 12.6. The number of aliphatic hydroxyl groups is 1. The maximum absolute atomic E-state index is 13.6. The van der Waals surface area contributed by atoms with Gasteiger partial charge in [0.25, 0.3) is 0 Å². The maximum atomic E-state index is 13.6. The first-order valence-electron chi connectivity index (χ1n) is 6.27. The summed E-state index contributed by atoms with van der Waals surface area (Å²) >= 11 is 3.19. The molecule has 1 N–H and O–H groups in total. The van der Waals surface area contributed by atoms with Gasteiger partial charge in [-0.3, -0.25) is 0 Å². The molecular weight excluding hydrogens is 319 g/mol. The van der Waals surface area contributed by atoms with Gasteiger partial charge in [-0.15, -0.1) is 0 Å². The number of halogens is 2. The predicted octanol–water partition coefficient (Wildman–Crippen LogP) is 4.82. The van der Waals surface area contributed by atoms with E-state index in [2.05, 4.69) is 15.9 Å². The van der Waals surface area contributed by atoms with E-state index in [4.69, 9.17) is 0 Å². The molecule has 0 radical (unpaired) electrons. The van der Waals surface area contributed by atoms with Crippen molar-refractivity contribution in [1.82, 2.24) is 0 Å². The maximum Gasteiger partial charge on any atom is 0.137 e. The van der Waals surface area contributed by atoms with Crippen molar-refractivity contribution in [2.75, 3.05) is 0 Å². The number of hydrogen-bond donors (Lipinski definition) is 1. The Kier molecular flexibility index (Phi) is 3.55. The van der Waals surface area contributed by atoms with E-state index in [9.17, 15) is 9.50 Å². The highest BCUT2D eigenvalue weighted by atomic mass is 79.9. The molecule has 3 heteroatoms. The van der Waals surface area contributed by atoms with Crippen LogP contribution in [0, 0.1) is 5.82 Å². The van der Waals surface area contributed by atoms with Crippen molar-refractivity contribution in [3.05, 3.63) is 82.1 Å². The Hall–Kier alpha value is -1.71. The van der Waals surface area contributed by atoms with Gasteiger partial charge in [-0.2, -0.15) is 0 Å². The average Bonchev–Trinajstić information content (AvgIpc) is 2.49. The second-order valence-corrected chi connectivity index (χ2v) is 5.45. The fraction of sp³-hybridized carbons (Fsp3) is 0.0588. The van der Waals surface area contributed by atoms with Crippen LogP contribution in [0.5, 0.6) is 0 Å². The Bertz CT molecular complexity index is 770. The molecule has 100 valence electrons. The van der Waals surface area contributed by atoms with Crippen LogP contribution in [0.25, 0.3) is 10.8 Å². The molecule has 3 aromatic rings. The van der Waals surface area contributed by atoms with Crippen molar-refractivity contribution in [3.8, 4) is 0 Å². The summed E-state index contributed by atoms with van der Waals surface area (Å²) in [5.74, 6) is -0.373. The molecule has 0 bridgehead atoms. The van der Waals surface area contributed by atoms with Crippen LogP contribution < -0.4 is 0 Å². The molecule has 0 saturated carbocycles. The Morgan fingerprint density at radius 1 is 0.900 bits per heavy atom. The minimum Gasteiger partial charge on any atom is -0.384 e. The lowest BCUT2D eigenvalue weighted by atomic mass is 9.98. The molecule has 0 amide bonds. The first-order valence-corrected chi connectivity index (χ1v) is 7.07. The summed E-state index contributed by atoms with van der Waals surface area (Å²) in [5.41, 5.74) is 1.27. The first kappa shape index (κ1) is 13.3. The SMILES string of the molecule is OC(c1ccc2ccccc2c1)c1cccc(F)c1Br. The van der Waals surface area contributed by atoms with E-state index < -0.39 is 6.10 Å². The fourth-order valence-electron chi connectivity index (χ4n) is 2.29. The Balaban J connectivity index is 2.08. The van der Waals surface area contributed by atoms with E-state index >= 15 is 0 Å². The summed E-state index contributed by atoms with van der Waals surface area (Å²) in [6.45, 7) is 0. The first-order chi connectivity index (χ1) is 9.66. The quantitative estimate of drug-likeness (QED) is 0.714. The van der Waals surface area contributed by atoms with Crippen molar-refractivity contribution in [3.63, 3.8) is 0 Å². The number of aliphatic hydroxyl groups excluding tert-OH is 1. The third-order valence-corrected chi connectivity index (χ3v) is 4.20. The molecule has 0 spiro atoms. The van der Waals surface area contributed by atoms with Gasteiger partial charge in [-0.05, 0) is 44.4 Å². The van der Waals surface area contributed by atoms with Gasteiger partial charge in [0.2, 0.25) is 0 Å². The molecule has 0 saturated heterocycles. The van der Waals surface area contributed by atoms with Crippen LogP contribution in [0.15, 0.2) is 65.1 Å².